The van der Waals surface area contributed by atoms with Crippen molar-refractivity contribution in [1.29, 1.82) is 0 Å². The van der Waals surface area contributed by atoms with Crippen molar-refractivity contribution in [1.82, 2.24) is 10.2 Å². The maximum atomic E-state index is 12.3. The number of amides is 2. The minimum Gasteiger partial charge on any atom is -0.371 e. The van der Waals surface area contributed by atoms with Gasteiger partial charge in [-0.2, -0.15) is 0 Å². The molecule has 2 heterocycles. The third-order valence-electron chi connectivity index (χ3n) is 4.15. The van der Waals surface area contributed by atoms with Gasteiger partial charge in [-0.3, -0.25) is 9.59 Å². The number of carbonyl (C=O) groups is 2. The van der Waals surface area contributed by atoms with E-state index >= 15 is 0 Å². The Balaban J connectivity index is 2.12. The maximum Gasteiger partial charge on any atom is 0.246 e. The van der Waals surface area contributed by atoms with E-state index in [0.717, 1.165) is 12.8 Å². The van der Waals surface area contributed by atoms with Crippen LogP contribution in [0.1, 0.15) is 47.5 Å². The van der Waals surface area contributed by atoms with Crippen molar-refractivity contribution in [3.05, 3.63) is 0 Å². The van der Waals surface area contributed by atoms with Crippen LogP contribution in [0.25, 0.3) is 0 Å². The SMILES string of the molecule is CC1NC(=O)C(C)(C)N(CC2CCC(C)(C)O2)C1=O. The van der Waals surface area contributed by atoms with Gasteiger partial charge in [-0.25, -0.2) is 0 Å². The molecule has 0 aromatic carbocycles. The fourth-order valence-corrected chi connectivity index (χ4v) is 2.79. The number of piperazine rings is 1. The quantitative estimate of drug-likeness (QED) is 0.815. The molecule has 0 saturated carbocycles. The molecule has 2 saturated heterocycles. The van der Waals surface area contributed by atoms with Gasteiger partial charge in [-0.05, 0) is 47.5 Å². The highest BCUT2D eigenvalue weighted by molar-refractivity contribution is 5.99. The van der Waals surface area contributed by atoms with Crippen LogP contribution in [0.15, 0.2) is 0 Å². The molecule has 2 atom stereocenters. The first kappa shape index (κ1) is 14.3. The molecule has 19 heavy (non-hydrogen) atoms. The summed E-state index contributed by atoms with van der Waals surface area (Å²) in [4.78, 5) is 26.0. The monoisotopic (exact) mass is 268 g/mol. The number of carbonyl (C=O) groups excluding carboxylic acids is 2. The smallest absolute Gasteiger partial charge is 0.246 e. The van der Waals surface area contributed by atoms with Crippen LogP contribution in [0.5, 0.6) is 0 Å². The largest absolute Gasteiger partial charge is 0.371 e. The van der Waals surface area contributed by atoms with E-state index < -0.39 is 11.6 Å². The molecule has 1 N–H and O–H groups in total. The number of nitrogens with zero attached hydrogens (tertiary/aromatic N) is 1. The fraction of sp³-hybridized carbons (Fsp3) is 0.857. The first-order chi connectivity index (χ1) is 8.63. The van der Waals surface area contributed by atoms with Crippen LogP contribution >= 0.6 is 0 Å². The number of hydrogen-bond acceptors (Lipinski definition) is 3. The molecule has 0 aromatic heterocycles. The molecule has 2 rings (SSSR count). The highest BCUT2D eigenvalue weighted by Gasteiger charge is 2.46. The van der Waals surface area contributed by atoms with Crippen LogP contribution in [-0.4, -0.2) is 46.5 Å². The Morgan fingerprint density at radius 1 is 1.32 bits per heavy atom. The Morgan fingerprint density at radius 2 is 1.95 bits per heavy atom. The van der Waals surface area contributed by atoms with E-state index in [-0.39, 0.29) is 23.5 Å². The third kappa shape index (κ3) is 2.61. The summed E-state index contributed by atoms with van der Waals surface area (Å²) < 4.78 is 5.94. The minimum absolute atomic E-state index is 0.0244. The topological polar surface area (TPSA) is 58.6 Å². The maximum absolute atomic E-state index is 12.3. The lowest BCUT2D eigenvalue weighted by Gasteiger charge is -2.44. The second-order valence-corrected chi connectivity index (χ2v) is 6.74. The van der Waals surface area contributed by atoms with Gasteiger partial charge in [0.1, 0.15) is 11.6 Å². The Labute approximate surface area is 114 Å². The summed E-state index contributed by atoms with van der Waals surface area (Å²) in [6.07, 6.45) is 1.95. The molecule has 2 fully saturated rings. The lowest BCUT2D eigenvalue weighted by molar-refractivity contribution is -0.157. The normalized spacial score (nSPS) is 33.4. The van der Waals surface area contributed by atoms with Crippen LogP contribution in [0, 0.1) is 0 Å². The fourth-order valence-electron chi connectivity index (χ4n) is 2.79. The second-order valence-electron chi connectivity index (χ2n) is 6.74. The summed E-state index contributed by atoms with van der Waals surface area (Å²) in [7, 11) is 0. The Hall–Kier alpha value is -1.10. The average molecular weight is 268 g/mol. The van der Waals surface area contributed by atoms with E-state index in [9.17, 15) is 9.59 Å². The van der Waals surface area contributed by atoms with Gasteiger partial charge in [0.15, 0.2) is 0 Å². The van der Waals surface area contributed by atoms with Gasteiger partial charge in [0.2, 0.25) is 11.8 Å². The molecule has 0 radical (unpaired) electrons. The zero-order chi connectivity index (χ0) is 14.4. The molecule has 5 heteroatoms. The zero-order valence-corrected chi connectivity index (χ0v) is 12.4. The van der Waals surface area contributed by atoms with Crippen molar-refractivity contribution in [2.45, 2.75) is 70.7 Å². The molecule has 0 bridgehead atoms. The molecule has 2 amide bonds. The number of rotatable bonds is 2. The second kappa shape index (κ2) is 4.47. The molecular weight excluding hydrogens is 244 g/mol. The zero-order valence-electron chi connectivity index (χ0n) is 12.4. The first-order valence-corrected chi connectivity index (χ1v) is 6.94. The molecule has 2 aliphatic heterocycles. The van der Waals surface area contributed by atoms with Crippen molar-refractivity contribution in [2.75, 3.05) is 6.54 Å². The number of nitrogens with one attached hydrogen (secondary N) is 1. The van der Waals surface area contributed by atoms with E-state index in [4.69, 9.17) is 4.74 Å². The van der Waals surface area contributed by atoms with Crippen molar-refractivity contribution in [2.24, 2.45) is 0 Å². The summed E-state index contributed by atoms with van der Waals surface area (Å²) in [5.74, 6) is -0.130. The third-order valence-corrected chi connectivity index (χ3v) is 4.15. The highest BCUT2D eigenvalue weighted by Crippen LogP contribution is 2.31. The summed E-state index contributed by atoms with van der Waals surface area (Å²) in [6, 6.07) is -0.449. The van der Waals surface area contributed by atoms with Gasteiger partial charge in [0, 0.05) is 6.54 Å². The summed E-state index contributed by atoms with van der Waals surface area (Å²) in [5, 5.41) is 2.72. The molecule has 5 nitrogen and oxygen atoms in total. The minimum atomic E-state index is -0.806. The van der Waals surface area contributed by atoms with Gasteiger partial charge in [0.05, 0.1) is 11.7 Å². The predicted molar refractivity (Wildman–Crippen MR) is 71.6 cm³/mol. The predicted octanol–water partition coefficient (Wildman–Crippen LogP) is 1.07. The van der Waals surface area contributed by atoms with Gasteiger partial charge >= 0.3 is 0 Å². The highest BCUT2D eigenvalue weighted by atomic mass is 16.5. The van der Waals surface area contributed by atoms with E-state index in [1.165, 1.54) is 0 Å². The van der Waals surface area contributed by atoms with E-state index in [1.807, 2.05) is 0 Å². The molecule has 2 aliphatic rings. The summed E-state index contributed by atoms with van der Waals surface area (Å²) >= 11 is 0. The number of hydrogen-bond donors (Lipinski definition) is 1. The van der Waals surface area contributed by atoms with Crippen LogP contribution in [0.2, 0.25) is 0 Å². The van der Waals surface area contributed by atoms with Gasteiger partial charge < -0.3 is 15.0 Å². The van der Waals surface area contributed by atoms with Crippen molar-refractivity contribution >= 4 is 11.8 Å². The van der Waals surface area contributed by atoms with Gasteiger partial charge in [-0.15, -0.1) is 0 Å². The van der Waals surface area contributed by atoms with Crippen molar-refractivity contribution in [3.8, 4) is 0 Å². The Bertz CT molecular complexity index is 403. The van der Waals surface area contributed by atoms with Crippen molar-refractivity contribution < 1.29 is 14.3 Å². The summed E-state index contributed by atoms with van der Waals surface area (Å²) in [6.45, 7) is 9.91. The lowest BCUT2D eigenvalue weighted by atomic mass is 9.95. The number of ether oxygens (including phenoxy) is 1. The average Bonchev–Trinajstić information content (AvgIpc) is 2.62. The molecule has 0 spiro atoms. The first-order valence-electron chi connectivity index (χ1n) is 6.94. The van der Waals surface area contributed by atoms with Gasteiger partial charge in [-0.1, -0.05) is 0 Å². The standard InChI is InChI=1S/C14H24N2O3/c1-9-11(17)16(14(4,5)12(18)15-9)8-10-6-7-13(2,3)19-10/h9-10H,6-8H2,1-5H3,(H,15,18). The molecular formula is C14H24N2O3. The lowest BCUT2D eigenvalue weighted by Crippen LogP contribution is -2.68. The molecule has 108 valence electrons. The molecule has 2 unspecified atom stereocenters. The Kier molecular flexibility index (Phi) is 3.37. The molecule has 0 aromatic rings. The van der Waals surface area contributed by atoms with Crippen LogP contribution in [0.4, 0.5) is 0 Å². The van der Waals surface area contributed by atoms with Gasteiger partial charge in [0.25, 0.3) is 0 Å². The van der Waals surface area contributed by atoms with E-state index in [0.29, 0.717) is 6.54 Å². The summed E-state index contributed by atoms with van der Waals surface area (Å²) in [5.41, 5.74) is -0.929. The van der Waals surface area contributed by atoms with E-state index in [2.05, 4.69) is 19.2 Å². The van der Waals surface area contributed by atoms with Crippen LogP contribution in [0.3, 0.4) is 0 Å². The van der Waals surface area contributed by atoms with Crippen LogP contribution in [-0.2, 0) is 14.3 Å². The molecule has 0 aliphatic carbocycles. The van der Waals surface area contributed by atoms with Crippen molar-refractivity contribution in [3.63, 3.8) is 0 Å². The van der Waals surface area contributed by atoms with Crippen LogP contribution < -0.4 is 5.32 Å². The Morgan fingerprint density at radius 3 is 2.47 bits per heavy atom. The van der Waals surface area contributed by atoms with E-state index in [1.54, 1.807) is 25.7 Å².